The Morgan fingerprint density at radius 2 is 2.15 bits per heavy atom. The van der Waals surface area contributed by atoms with Gasteiger partial charge in [0.2, 0.25) is 0 Å². The van der Waals surface area contributed by atoms with Gasteiger partial charge in [0.1, 0.15) is 12.1 Å². The third-order valence-corrected chi connectivity index (χ3v) is 2.84. The van der Waals surface area contributed by atoms with E-state index in [9.17, 15) is 0 Å². The third kappa shape index (κ3) is 4.29. The molecule has 0 atom stereocenters. The average molecular weight is 273 g/mol. The molecule has 0 unspecified atom stereocenters. The number of hydrogen-bond acceptors (Lipinski definition) is 5. The highest BCUT2D eigenvalue weighted by atomic mass is 16.5. The number of aliphatic hydroxyl groups excluding tert-OH is 1. The zero-order valence-electron chi connectivity index (χ0n) is 11.5. The first-order chi connectivity index (χ1) is 9.81. The lowest BCUT2D eigenvalue weighted by Crippen LogP contribution is -1.99. The van der Waals surface area contributed by atoms with Gasteiger partial charge in [0.15, 0.2) is 0 Å². The number of benzene rings is 1. The fourth-order valence-electron chi connectivity index (χ4n) is 1.93. The van der Waals surface area contributed by atoms with Crippen LogP contribution >= 0.6 is 0 Å². The van der Waals surface area contributed by atoms with Crippen molar-refractivity contribution in [3.8, 4) is 0 Å². The average Bonchev–Trinajstić information content (AvgIpc) is 2.46. The van der Waals surface area contributed by atoms with Gasteiger partial charge in [0.25, 0.3) is 0 Å². The Balaban J connectivity index is 2.07. The van der Waals surface area contributed by atoms with Crippen LogP contribution in [0.5, 0.6) is 0 Å². The summed E-state index contributed by atoms with van der Waals surface area (Å²) in [7, 11) is 1.64. The topological polar surface area (TPSA) is 67.3 Å². The first-order valence-electron chi connectivity index (χ1n) is 6.58. The summed E-state index contributed by atoms with van der Waals surface area (Å²) >= 11 is 0. The van der Waals surface area contributed by atoms with Crippen molar-refractivity contribution in [2.75, 3.05) is 19.0 Å². The molecule has 20 heavy (non-hydrogen) atoms. The van der Waals surface area contributed by atoms with E-state index in [1.807, 2.05) is 18.2 Å². The number of methoxy groups -OCH3 is 1. The molecule has 5 heteroatoms. The molecule has 0 aliphatic rings. The van der Waals surface area contributed by atoms with Crippen LogP contribution in [0.3, 0.4) is 0 Å². The van der Waals surface area contributed by atoms with E-state index < -0.39 is 0 Å². The second-order valence-corrected chi connectivity index (χ2v) is 4.48. The van der Waals surface area contributed by atoms with E-state index in [0.717, 1.165) is 30.0 Å². The van der Waals surface area contributed by atoms with Gasteiger partial charge >= 0.3 is 0 Å². The number of hydrogen-bond donors (Lipinski definition) is 2. The lowest BCUT2D eigenvalue weighted by atomic mass is 10.1. The van der Waals surface area contributed by atoms with Gasteiger partial charge in [-0.3, -0.25) is 0 Å². The van der Waals surface area contributed by atoms with Crippen LogP contribution in [0.25, 0.3) is 0 Å². The van der Waals surface area contributed by atoms with Crippen LogP contribution in [-0.4, -0.2) is 28.8 Å². The molecule has 0 saturated carbocycles. The van der Waals surface area contributed by atoms with Gasteiger partial charge in [-0.25, -0.2) is 9.97 Å². The van der Waals surface area contributed by atoms with Gasteiger partial charge in [-0.2, -0.15) is 0 Å². The second-order valence-electron chi connectivity index (χ2n) is 4.48. The molecule has 0 aliphatic heterocycles. The van der Waals surface area contributed by atoms with Crippen LogP contribution in [-0.2, 0) is 17.8 Å². The quantitative estimate of drug-likeness (QED) is 0.810. The molecule has 0 fully saturated rings. The summed E-state index contributed by atoms with van der Waals surface area (Å²) in [6.07, 6.45) is 3.16. The van der Waals surface area contributed by atoms with Crippen molar-refractivity contribution in [2.45, 2.75) is 19.4 Å². The van der Waals surface area contributed by atoms with Crippen LogP contribution in [0.1, 0.15) is 17.7 Å². The lowest BCUT2D eigenvalue weighted by Gasteiger charge is -2.08. The summed E-state index contributed by atoms with van der Waals surface area (Å²) in [6.45, 7) is 0.678. The fraction of sp³-hybridized carbons (Fsp3) is 0.333. The zero-order valence-corrected chi connectivity index (χ0v) is 11.5. The smallest absolute Gasteiger partial charge is 0.134 e. The van der Waals surface area contributed by atoms with Crippen LogP contribution in [0.15, 0.2) is 36.7 Å². The Bertz CT molecular complexity index is 546. The molecule has 0 bridgehead atoms. The molecule has 0 spiro atoms. The van der Waals surface area contributed by atoms with Crippen molar-refractivity contribution in [2.24, 2.45) is 0 Å². The molecule has 1 heterocycles. The number of ether oxygens (including phenoxy) is 1. The molecular weight excluding hydrogens is 254 g/mol. The summed E-state index contributed by atoms with van der Waals surface area (Å²) in [5.74, 6) is 0.742. The maximum atomic E-state index is 8.87. The van der Waals surface area contributed by atoms with Crippen molar-refractivity contribution in [3.05, 3.63) is 47.9 Å². The Hall–Kier alpha value is -1.98. The first kappa shape index (κ1) is 14.4. The van der Waals surface area contributed by atoms with E-state index in [-0.39, 0.29) is 6.61 Å². The van der Waals surface area contributed by atoms with E-state index in [0.29, 0.717) is 6.61 Å². The fourth-order valence-corrected chi connectivity index (χ4v) is 1.93. The number of nitrogens with zero attached hydrogens (tertiary/aromatic N) is 2. The number of aromatic nitrogens is 2. The number of rotatable bonds is 7. The number of aryl methyl sites for hydroxylation is 1. The normalized spacial score (nSPS) is 10.5. The van der Waals surface area contributed by atoms with E-state index in [4.69, 9.17) is 9.84 Å². The molecule has 0 radical (unpaired) electrons. The summed E-state index contributed by atoms with van der Waals surface area (Å²) in [5.41, 5.74) is 3.00. The van der Waals surface area contributed by atoms with E-state index in [1.54, 1.807) is 7.11 Å². The Labute approximate surface area is 118 Å². The van der Waals surface area contributed by atoms with E-state index in [2.05, 4.69) is 27.4 Å². The second kappa shape index (κ2) is 7.57. The molecular formula is C15H19N3O2. The molecule has 2 N–H and O–H groups in total. The molecule has 0 amide bonds. The minimum atomic E-state index is 0.212. The van der Waals surface area contributed by atoms with Crippen LogP contribution < -0.4 is 5.32 Å². The summed E-state index contributed by atoms with van der Waals surface area (Å²) in [6, 6.07) is 9.96. The standard InChI is InChI=1S/C15H19N3O2/c1-20-10-14-9-15(17-11-16-14)18-13-6-2-4-12(8-13)5-3-7-19/h2,4,6,8-9,11,19H,3,5,7,10H2,1H3,(H,16,17,18). The predicted octanol–water partition coefficient (Wildman–Crippen LogP) is 2.29. The van der Waals surface area contributed by atoms with Gasteiger partial charge in [-0.15, -0.1) is 0 Å². The molecule has 1 aromatic heterocycles. The largest absolute Gasteiger partial charge is 0.396 e. The highest BCUT2D eigenvalue weighted by molar-refractivity contribution is 5.57. The number of aliphatic hydroxyl groups is 1. The van der Waals surface area contributed by atoms with Crippen molar-refractivity contribution in [1.82, 2.24) is 9.97 Å². The summed E-state index contributed by atoms with van der Waals surface area (Å²) in [4.78, 5) is 8.32. The van der Waals surface area contributed by atoms with E-state index in [1.165, 1.54) is 11.9 Å². The maximum Gasteiger partial charge on any atom is 0.134 e. The monoisotopic (exact) mass is 273 g/mol. The molecule has 106 valence electrons. The SMILES string of the molecule is COCc1cc(Nc2cccc(CCCO)c2)ncn1. The number of anilines is 2. The van der Waals surface area contributed by atoms with Crippen molar-refractivity contribution < 1.29 is 9.84 Å². The van der Waals surface area contributed by atoms with Gasteiger partial charge in [0, 0.05) is 25.5 Å². The van der Waals surface area contributed by atoms with Gasteiger partial charge in [-0.1, -0.05) is 12.1 Å². The van der Waals surface area contributed by atoms with Crippen LogP contribution in [0.2, 0.25) is 0 Å². The Morgan fingerprint density at radius 3 is 2.95 bits per heavy atom. The molecule has 2 rings (SSSR count). The Morgan fingerprint density at radius 1 is 1.25 bits per heavy atom. The van der Waals surface area contributed by atoms with Gasteiger partial charge < -0.3 is 15.2 Å². The van der Waals surface area contributed by atoms with Gasteiger partial charge in [-0.05, 0) is 30.5 Å². The maximum absolute atomic E-state index is 8.87. The molecule has 2 aromatic rings. The summed E-state index contributed by atoms with van der Waals surface area (Å²) in [5, 5.41) is 12.1. The molecule has 0 aliphatic carbocycles. The number of nitrogens with one attached hydrogen (secondary N) is 1. The highest BCUT2D eigenvalue weighted by Crippen LogP contribution is 2.17. The zero-order chi connectivity index (χ0) is 14.2. The van der Waals surface area contributed by atoms with E-state index >= 15 is 0 Å². The molecule has 1 aromatic carbocycles. The molecule has 5 nitrogen and oxygen atoms in total. The predicted molar refractivity (Wildman–Crippen MR) is 77.9 cm³/mol. The minimum Gasteiger partial charge on any atom is -0.396 e. The highest BCUT2D eigenvalue weighted by Gasteiger charge is 2.01. The third-order valence-electron chi connectivity index (χ3n) is 2.84. The van der Waals surface area contributed by atoms with Crippen molar-refractivity contribution >= 4 is 11.5 Å². The first-order valence-corrected chi connectivity index (χ1v) is 6.58. The Kier molecular flexibility index (Phi) is 5.46. The van der Waals surface area contributed by atoms with Crippen molar-refractivity contribution in [3.63, 3.8) is 0 Å². The van der Waals surface area contributed by atoms with Gasteiger partial charge in [0.05, 0.1) is 12.3 Å². The molecule has 0 saturated heterocycles. The van der Waals surface area contributed by atoms with Crippen LogP contribution in [0, 0.1) is 0 Å². The van der Waals surface area contributed by atoms with Crippen LogP contribution in [0.4, 0.5) is 11.5 Å². The minimum absolute atomic E-state index is 0.212. The summed E-state index contributed by atoms with van der Waals surface area (Å²) < 4.78 is 5.05. The lowest BCUT2D eigenvalue weighted by molar-refractivity contribution is 0.181. The van der Waals surface area contributed by atoms with Crippen molar-refractivity contribution in [1.29, 1.82) is 0 Å².